The van der Waals surface area contributed by atoms with E-state index in [-0.39, 0.29) is 5.54 Å². The normalized spacial score (nSPS) is 16.6. The third kappa shape index (κ3) is 4.32. The highest BCUT2D eigenvalue weighted by molar-refractivity contribution is 5.71. The van der Waals surface area contributed by atoms with Crippen LogP contribution in [-0.4, -0.2) is 46.9 Å². The van der Waals surface area contributed by atoms with E-state index in [0.717, 1.165) is 26.1 Å². The Morgan fingerprint density at radius 2 is 2.24 bits per heavy atom. The first-order chi connectivity index (χ1) is 9.86. The first-order valence-electron chi connectivity index (χ1n) is 7.36. The Balaban J connectivity index is 1.90. The second-order valence-corrected chi connectivity index (χ2v) is 6.42. The van der Waals surface area contributed by atoms with Crippen LogP contribution in [0.5, 0.6) is 0 Å². The van der Waals surface area contributed by atoms with E-state index in [1.807, 2.05) is 10.9 Å². The molecule has 1 aromatic heterocycles. The predicted octanol–water partition coefficient (Wildman–Crippen LogP) is 1.40. The van der Waals surface area contributed by atoms with Crippen molar-refractivity contribution < 1.29 is 4.79 Å². The molecule has 3 N–H and O–H groups in total. The summed E-state index contributed by atoms with van der Waals surface area (Å²) in [6, 6.07) is -0.460. The number of nitrogens with two attached hydrogens (primary N) is 1. The van der Waals surface area contributed by atoms with Gasteiger partial charge in [0.2, 0.25) is 0 Å². The Labute approximate surface area is 126 Å². The lowest BCUT2D eigenvalue weighted by Gasteiger charge is -2.26. The molecular weight excluding hydrogens is 266 g/mol. The maximum Gasteiger partial charge on any atom is 0.312 e. The van der Waals surface area contributed by atoms with Gasteiger partial charge in [-0.1, -0.05) is 6.08 Å². The molecule has 0 aliphatic carbocycles. The molecule has 21 heavy (non-hydrogen) atoms. The summed E-state index contributed by atoms with van der Waals surface area (Å²) in [7, 11) is 0. The van der Waals surface area contributed by atoms with E-state index in [9.17, 15) is 4.79 Å². The number of nitrogens with zero attached hydrogens (tertiary/aromatic N) is 3. The van der Waals surface area contributed by atoms with Crippen LogP contribution < -0.4 is 11.1 Å². The second kappa shape index (κ2) is 6.30. The van der Waals surface area contributed by atoms with Gasteiger partial charge in [0.05, 0.1) is 11.7 Å². The van der Waals surface area contributed by atoms with Crippen LogP contribution in [0.2, 0.25) is 0 Å². The molecule has 0 bridgehead atoms. The fourth-order valence-electron chi connectivity index (χ4n) is 2.37. The zero-order valence-corrected chi connectivity index (χ0v) is 13.1. The molecular formula is C15H25N5O. The summed E-state index contributed by atoms with van der Waals surface area (Å²) in [6.45, 7) is 9.75. The molecule has 0 fully saturated rings. The lowest BCUT2D eigenvalue weighted by molar-refractivity contribution is 0.244. The fourth-order valence-corrected chi connectivity index (χ4v) is 2.37. The average Bonchev–Trinajstić information content (AvgIpc) is 2.88. The van der Waals surface area contributed by atoms with Crippen molar-refractivity contribution in [2.75, 3.05) is 26.2 Å². The Morgan fingerprint density at radius 1 is 1.48 bits per heavy atom. The van der Waals surface area contributed by atoms with Crippen LogP contribution in [0.4, 0.5) is 4.79 Å². The van der Waals surface area contributed by atoms with Crippen LogP contribution in [0.1, 0.15) is 32.8 Å². The van der Waals surface area contributed by atoms with Gasteiger partial charge in [0.1, 0.15) is 0 Å². The van der Waals surface area contributed by atoms with Crippen molar-refractivity contribution in [1.29, 1.82) is 0 Å². The highest BCUT2D eigenvalue weighted by Crippen LogP contribution is 2.23. The maximum absolute atomic E-state index is 10.6. The van der Waals surface area contributed by atoms with Crippen molar-refractivity contribution in [2.24, 2.45) is 5.73 Å². The molecule has 0 unspecified atom stereocenters. The zero-order valence-electron chi connectivity index (χ0n) is 13.1. The quantitative estimate of drug-likeness (QED) is 0.880. The molecule has 6 heteroatoms. The van der Waals surface area contributed by atoms with E-state index in [1.165, 1.54) is 11.1 Å². The molecule has 1 aliphatic heterocycles. The van der Waals surface area contributed by atoms with Crippen LogP contribution >= 0.6 is 0 Å². The number of hydrogen-bond donors (Lipinski definition) is 2. The molecule has 0 aromatic carbocycles. The maximum atomic E-state index is 10.6. The first kappa shape index (κ1) is 15.6. The summed E-state index contributed by atoms with van der Waals surface area (Å²) >= 11 is 0. The third-order valence-corrected chi connectivity index (χ3v) is 3.66. The first-order valence-corrected chi connectivity index (χ1v) is 7.36. The second-order valence-electron chi connectivity index (χ2n) is 6.42. The smallest absolute Gasteiger partial charge is 0.312 e. The standard InChI is InChI=1S/C15H25N5O/c1-15(2,3)20-11-13(10-18-20)12-4-7-19(8-5-12)9-6-17-14(16)21/h4,10-11H,5-9H2,1-3H3,(H3,16,17,21). The third-order valence-electron chi connectivity index (χ3n) is 3.66. The van der Waals surface area contributed by atoms with E-state index in [1.54, 1.807) is 0 Å². The van der Waals surface area contributed by atoms with Gasteiger partial charge in [-0.05, 0) is 32.8 Å². The summed E-state index contributed by atoms with van der Waals surface area (Å²) in [5.74, 6) is 0. The van der Waals surface area contributed by atoms with E-state index < -0.39 is 6.03 Å². The summed E-state index contributed by atoms with van der Waals surface area (Å²) < 4.78 is 2.01. The van der Waals surface area contributed by atoms with E-state index in [4.69, 9.17) is 5.73 Å². The highest BCUT2D eigenvalue weighted by Gasteiger charge is 2.17. The topological polar surface area (TPSA) is 76.2 Å². The van der Waals surface area contributed by atoms with Gasteiger partial charge in [-0.25, -0.2) is 4.79 Å². The molecule has 0 saturated carbocycles. The van der Waals surface area contributed by atoms with Gasteiger partial charge in [-0.2, -0.15) is 5.10 Å². The van der Waals surface area contributed by atoms with Gasteiger partial charge in [-0.3, -0.25) is 9.58 Å². The summed E-state index contributed by atoms with van der Waals surface area (Å²) in [4.78, 5) is 12.9. The SMILES string of the molecule is CC(C)(C)n1cc(C2=CCN(CCNC(N)=O)CC2)cn1. The van der Waals surface area contributed by atoms with Crippen molar-refractivity contribution in [1.82, 2.24) is 20.0 Å². The van der Waals surface area contributed by atoms with Crippen molar-refractivity contribution in [3.8, 4) is 0 Å². The van der Waals surface area contributed by atoms with E-state index in [0.29, 0.717) is 6.54 Å². The monoisotopic (exact) mass is 291 g/mol. The van der Waals surface area contributed by atoms with Crippen LogP contribution in [0.25, 0.3) is 5.57 Å². The highest BCUT2D eigenvalue weighted by atomic mass is 16.2. The number of primary amides is 1. The zero-order chi connectivity index (χ0) is 15.5. The van der Waals surface area contributed by atoms with Gasteiger partial charge in [0, 0.05) is 37.9 Å². The number of amides is 2. The number of nitrogens with one attached hydrogen (secondary N) is 1. The largest absolute Gasteiger partial charge is 0.352 e. The summed E-state index contributed by atoms with van der Waals surface area (Å²) in [5.41, 5.74) is 7.63. The Bertz CT molecular complexity index is 526. The fraction of sp³-hybridized carbons (Fsp3) is 0.600. The number of carbonyl (C=O) groups excluding carboxylic acids is 1. The summed E-state index contributed by atoms with van der Waals surface area (Å²) in [5, 5.41) is 7.07. The van der Waals surface area contributed by atoms with Gasteiger partial charge in [0.25, 0.3) is 0 Å². The average molecular weight is 291 g/mol. The minimum atomic E-state index is -0.460. The van der Waals surface area contributed by atoms with Crippen LogP contribution in [0.3, 0.4) is 0 Å². The Morgan fingerprint density at radius 3 is 2.76 bits per heavy atom. The molecule has 116 valence electrons. The van der Waals surface area contributed by atoms with Gasteiger partial charge in [-0.15, -0.1) is 0 Å². The molecule has 0 saturated heterocycles. The molecule has 0 spiro atoms. The molecule has 2 rings (SSSR count). The van der Waals surface area contributed by atoms with Crippen LogP contribution in [0, 0.1) is 0 Å². The van der Waals surface area contributed by atoms with Crippen molar-refractivity contribution in [3.05, 3.63) is 24.0 Å². The van der Waals surface area contributed by atoms with E-state index in [2.05, 4.69) is 48.4 Å². The Kier molecular flexibility index (Phi) is 4.67. The van der Waals surface area contributed by atoms with Gasteiger partial charge >= 0.3 is 6.03 Å². The molecule has 1 aromatic rings. The molecule has 6 nitrogen and oxygen atoms in total. The molecule has 0 atom stereocenters. The van der Waals surface area contributed by atoms with Gasteiger partial charge < -0.3 is 11.1 Å². The Hall–Kier alpha value is -1.82. The number of urea groups is 1. The lowest BCUT2D eigenvalue weighted by Crippen LogP contribution is -2.38. The van der Waals surface area contributed by atoms with E-state index >= 15 is 0 Å². The summed E-state index contributed by atoms with van der Waals surface area (Å²) in [6.07, 6.45) is 7.32. The number of rotatable bonds is 4. The lowest BCUT2D eigenvalue weighted by atomic mass is 10.0. The van der Waals surface area contributed by atoms with Crippen LogP contribution in [0.15, 0.2) is 18.5 Å². The van der Waals surface area contributed by atoms with Crippen LogP contribution in [-0.2, 0) is 5.54 Å². The minimum Gasteiger partial charge on any atom is -0.352 e. The predicted molar refractivity (Wildman–Crippen MR) is 83.8 cm³/mol. The van der Waals surface area contributed by atoms with Crippen molar-refractivity contribution in [3.63, 3.8) is 0 Å². The van der Waals surface area contributed by atoms with Gasteiger partial charge in [0.15, 0.2) is 0 Å². The number of aromatic nitrogens is 2. The molecule has 2 amide bonds. The molecule has 0 radical (unpaired) electrons. The van der Waals surface area contributed by atoms with Crippen molar-refractivity contribution in [2.45, 2.75) is 32.7 Å². The minimum absolute atomic E-state index is 0.0138. The number of carbonyl (C=O) groups is 1. The molecule has 1 aliphatic rings. The van der Waals surface area contributed by atoms with Crippen molar-refractivity contribution >= 4 is 11.6 Å². The molecule has 2 heterocycles. The number of hydrogen-bond acceptors (Lipinski definition) is 3.